The van der Waals surface area contributed by atoms with Crippen LogP contribution in [-0.4, -0.2) is 9.38 Å². The van der Waals surface area contributed by atoms with Crippen LogP contribution in [-0.2, 0) is 0 Å². The standard InChI is InChI=1S/C7H4BrN2/c8-6-2-1-4-10-5-3-9-7(6)10/h1-2,4-5H. The summed E-state index contributed by atoms with van der Waals surface area (Å²) in [5.74, 6) is 0. The van der Waals surface area contributed by atoms with Gasteiger partial charge in [0.2, 0.25) is 0 Å². The van der Waals surface area contributed by atoms with Crippen molar-refractivity contribution < 1.29 is 0 Å². The molecule has 0 aliphatic rings. The highest BCUT2D eigenvalue weighted by molar-refractivity contribution is 9.10. The SMILES string of the molecule is Brc1cccn2c[c]nc12. The Labute approximate surface area is 66.6 Å². The third-order valence-corrected chi connectivity index (χ3v) is 1.93. The monoisotopic (exact) mass is 195 g/mol. The van der Waals surface area contributed by atoms with Crippen molar-refractivity contribution in [3.8, 4) is 0 Å². The smallest absolute Gasteiger partial charge is 0.151 e. The van der Waals surface area contributed by atoms with E-state index in [1.807, 2.05) is 22.7 Å². The first-order valence-electron chi connectivity index (χ1n) is 2.87. The molecule has 2 aromatic heterocycles. The van der Waals surface area contributed by atoms with Gasteiger partial charge in [-0.2, -0.15) is 0 Å². The van der Waals surface area contributed by atoms with E-state index in [0.717, 1.165) is 10.1 Å². The zero-order chi connectivity index (χ0) is 6.97. The predicted molar refractivity (Wildman–Crippen MR) is 41.7 cm³/mol. The van der Waals surface area contributed by atoms with Crippen LogP contribution in [0.3, 0.4) is 0 Å². The van der Waals surface area contributed by atoms with E-state index in [4.69, 9.17) is 0 Å². The third kappa shape index (κ3) is 0.743. The molecule has 0 saturated carbocycles. The van der Waals surface area contributed by atoms with Crippen LogP contribution in [0.2, 0.25) is 0 Å². The van der Waals surface area contributed by atoms with Crippen molar-refractivity contribution in [3.63, 3.8) is 0 Å². The van der Waals surface area contributed by atoms with Gasteiger partial charge in [-0.25, -0.2) is 4.98 Å². The second-order valence-electron chi connectivity index (χ2n) is 1.96. The molecule has 0 N–H and O–H groups in total. The van der Waals surface area contributed by atoms with Crippen LogP contribution in [0.5, 0.6) is 0 Å². The lowest BCUT2D eigenvalue weighted by atomic mass is 10.5. The minimum atomic E-state index is 0.905. The fraction of sp³-hybridized carbons (Fsp3) is 0. The van der Waals surface area contributed by atoms with E-state index < -0.39 is 0 Å². The number of hydrogen-bond acceptors (Lipinski definition) is 1. The molecule has 0 fully saturated rings. The largest absolute Gasteiger partial charge is 0.305 e. The van der Waals surface area contributed by atoms with E-state index in [2.05, 4.69) is 27.1 Å². The maximum Gasteiger partial charge on any atom is 0.151 e. The van der Waals surface area contributed by atoms with E-state index >= 15 is 0 Å². The highest BCUT2D eigenvalue weighted by Gasteiger charge is 1.95. The molecule has 0 aliphatic carbocycles. The average molecular weight is 196 g/mol. The van der Waals surface area contributed by atoms with Gasteiger partial charge in [0.15, 0.2) is 5.65 Å². The number of hydrogen-bond donors (Lipinski definition) is 0. The Balaban J connectivity index is 2.95. The quantitative estimate of drug-likeness (QED) is 0.628. The molecule has 10 heavy (non-hydrogen) atoms. The Morgan fingerprint density at radius 3 is 3.30 bits per heavy atom. The molecule has 0 aromatic carbocycles. The predicted octanol–water partition coefficient (Wildman–Crippen LogP) is 1.90. The summed E-state index contributed by atoms with van der Waals surface area (Å²) in [7, 11) is 0. The molecule has 0 spiro atoms. The fourth-order valence-electron chi connectivity index (χ4n) is 0.856. The molecule has 2 nitrogen and oxygen atoms in total. The summed E-state index contributed by atoms with van der Waals surface area (Å²) in [6.07, 6.45) is 6.49. The first-order valence-corrected chi connectivity index (χ1v) is 3.66. The van der Waals surface area contributed by atoms with E-state index in [-0.39, 0.29) is 0 Å². The summed E-state index contributed by atoms with van der Waals surface area (Å²) in [4.78, 5) is 4.01. The molecule has 2 rings (SSSR count). The van der Waals surface area contributed by atoms with Gasteiger partial charge < -0.3 is 4.40 Å². The molecule has 1 radical (unpaired) electrons. The highest BCUT2D eigenvalue weighted by Crippen LogP contribution is 2.14. The average Bonchev–Trinajstić information content (AvgIpc) is 2.36. The van der Waals surface area contributed by atoms with Gasteiger partial charge in [0, 0.05) is 12.4 Å². The zero-order valence-electron chi connectivity index (χ0n) is 5.08. The van der Waals surface area contributed by atoms with E-state index in [1.54, 1.807) is 6.20 Å². The van der Waals surface area contributed by atoms with Crippen molar-refractivity contribution in [1.82, 2.24) is 9.38 Å². The Bertz CT molecular complexity index is 353. The number of nitrogens with zero attached hydrogens (tertiary/aromatic N) is 2. The first kappa shape index (κ1) is 5.92. The van der Waals surface area contributed by atoms with Gasteiger partial charge in [-0.1, -0.05) is 0 Å². The molecule has 0 unspecified atom stereocenters. The molecule has 49 valence electrons. The van der Waals surface area contributed by atoms with Crippen LogP contribution in [0.25, 0.3) is 5.65 Å². The van der Waals surface area contributed by atoms with Crippen LogP contribution in [0.15, 0.2) is 29.0 Å². The number of aromatic nitrogens is 2. The lowest BCUT2D eigenvalue weighted by molar-refractivity contribution is 1.18. The van der Waals surface area contributed by atoms with Crippen LogP contribution < -0.4 is 0 Å². The van der Waals surface area contributed by atoms with Crippen LogP contribution in [0.1, 0.15) is 0 Å². The topological polar surface area (TPSA) is 17.3 Å². The van der Waals surface area contributed by atoms with Crippen LogP contribution >= 0.6 is 15.9 Å². The molecule has 0 saturated heterocycles. The van der Waals surface area contributed by atoms with Gasteiger partial charge >= 0.3 is 0 Å². The molecule has 3 heteroatoms. The number of rotatable bonds is 0. The van der Waals surface area contributed by atoms with Crippen LogP contribution in [0, 0.1) is 6.20 Å². The summed E-state index contributed by atoms with van der Waals surface area (Å²) in [6, 6.07) is 3.91. The summed E-state index contributed by atoms with van der Waals surface area (Å²) in [6.45, 7) is 0. The Morgan fingerprint density at radius 2 is 2.50 bits per heavy atom. The second-order valence-corrected chi connectivity index (χ2v) is 2.81. The highest BCUT2D eigenvalue weighted by atomic mass is 79.9. The number of imidazole rings is 1. The van der Waals surface area contributed by atoms with Crippen LogP contribution in [0.4, 0.5) is 0 Å². The van der Waals surface area contributed by atoms with Gasteiger partial charge in [-0.15, -0.1) is 0 Å². The van der Waals surface area contributed by atoms with Gasteiger partial charge in [-0.05, 0) is 28.1 Å². The van der Waals surface area contributed by atoms with E-state index in [0.29, 0.717) is 0 Å². The molecule has 0 amide bonds. The lowest BCUT2D eigenvalue weighted by Crippen LogP contribution is -1.80. The zero-order valence-corrected chi connectivity index (χ0v) is 6.67. The lowest BCUT2D eigenvalue weighted by Gasteiger charge is -1.92. The van der Waals surface area contributed by atoms with Gasteiger partial charge in [0.05, 0.1) is 4.47 Å². The Morgan fingerprint density at radius 1 is 1.60 bits per heavy atom. The number of pyridine rings is 1. The maximum absolute atomic E-state index is 4.01. The molecule has 0 aliphatic heterocycles. The maximum atomic E-state index is 4.01. The van der Waals surface area contributed by atoms with E-state index in [9.17, 15) is 0 Å². The van der Waals surface area contributed by atoms with Gasteiger partial charge in [0.25, 0.3) is 0 Å². The van der Waals surface area contributed by atoms with Gasteiger partial charge in [-0.3, -0.25) is 0 Å². The molecular weight excluding hydrogens is 192 g/mol. The normalized spacial score (nSPS) is 10.5. The first-order chi connectivity index (χ1) is 4.88. The van der Waals surface area contributed by atoms with Crippen molar-refractivity contribution in [3.05, 3.63) is 35.2 Å². The fourth-order valence-corrected chi connectivity index (χ4v) is 1.30. The third-order valence-electron chi connectivity index (χ3n) is 1.31. The molecule has 0 bridgehead atoms. The summed E-state index contributed by atoms with van der Waals surface area (Å²) >= 11 is 3.37. The minimum Gasteiger partial charge on any atom is -0.305 e. The molecule has 0 atom stereocenters. The van der Waals surface area contributed by atoms with Gasteiger partial charge in [0.1, 0.15) is 6.20 Å². The molecule has 2 aromatic rings. The van der Waals surface area contributed by atoms with Crippen molar-refractivity contribution >= 4 is 21.6 Å². The van der Waals surface area contributed by atoms with Crippen molar-refractivity contribution in [2.75, 3.05) is 0 Å². The van der Waals surface area contributed by atoms with Crippen molar-refractivity contribution in [1.29, 1.82) is 0 Å². The Hall–Kier alpha value is -0.830. The second kappa shape index (κ2) is 2.09. The Kier molecular flexibility index (Phi) is 1.24. The number of halogens is 1. The summed E-state index contributed by atoms with van der Waals surface area (Å²) < 4.78 is 2.90. The molecular formula is C7H4BrN2. The summed E-state index contributed by atoms with van der Waals surface area (Å²) in [5, 5.41) is 0. The summed E-state index contributed by atoms with van der Waals surface area (Å²) in [5.41, 5.74) is 0.905. The van der Waals surface area contributed by atoms with E-state index in [1.165, 1.54) is 0 Å². The number of fused-ring (bicyclic) bond motifs is 1. The van der Waals surface area contributed by atoms with Crippen molar-refractivity contribution in [2.24, 2.45) is 0 Å². The molecule has 2 heterocycles. The van der Waals surface area contributed by atoms with Crippen molar-refractivity contribution in [2.45, 2.75) is 0 Å². The minimum absolute atomic E-state index is 0.905.